The fraction of sp³-hybridized carbons (Fsp3) is 0.444. The Morgan fingerprint density at radius 2 is 2.13 bits per heavy atom. The molecule has 1 aromatic heterocycles. The van der Waals surface area contributed by atoms with Crippen molar-refractivity contribution in [3.63, 3.8) is 0 Å². The molecule has 1 amide bonds. The van der Waals surface area contributed by atoms with E-state index in [0.717, 1.165) is 12.8 Å². The van der Waals surface area contributed by atoms with Crippen molar-refractivity contribution in [3.8, 4) is 0 Å². The van der Waals surface area contributed by atoms with E-state index in [1.54, 1.807) is 0 Å². The third-order valence-electron chi connectivity index (χ3n) is 2.46. The third-order valence-corrected chi connectivity index (χ3v) is 2.82. The van der Waals surface area contributed by atoms with Crippen molar-refractivity contribution in [1.29, 1.82) is 0 Å². The topological polar surface area (TPSA) is 54.9 Å². The Morgan fingerprint density at radius 3 is 2.67 bits per heavy atom. The highest BCUT2D eigenvalue weighted by Gasteiger charge is 2.45. The molecule has 1 N–H and O–H groups in total. The van der Waals surface area contributed by atoms with E-state index in [2.05, 4.69) is 15.3 Å². The lowest BCUT2D eigenvalue weighted by molar-refractivity contribution is -0.120. The van der Waals surface area contributed by atoms with Gasteiger partial charge in [0.1, 0.15) is 11.0 Å². The van der Waals surface area contributed by atoms with Gasteiger partial charge in [-0.2, -0.15) is 0 Å². The molecule has 15 heavy (non-hydrogen) atoms. The van der Waals surface area contributed by atoms with Crippen molar-refractivity contribution in [2.75, 3.05) is 5.32 Å². The number of hydrogen-bond donors (Lipinski definition) is 1. The molecular weight excluding hydrogens is 237 g/mol. The molecule has 2 rings (SSSR count). The summed E-state index contributed by atoms with van der Waals surface area (Å²) >= 11 is 11.3. The van der Waals surface area contributed by atoms with Crippen molar-refractivity contribution >= 4 is 34.9 Å². The number of carbonyl (C=O) groups excluding carboxylic acids is 1. The lowest BCUT2D eigenvalue weighted by Crippen LogP contribution is -2.22. The first-order valence-electron chi connectivity index (χ1n) is 4.51. The van der Waals surface area contributed by atoms with Crippen molar-refractivity contribution in [3.05, 3.63) is 16.5 Å². The molecule has 0 unspecified atom stereocenters. The van der Waals surface area contributed by atoms with Crippen LogP contribution in [0.25, 0.3) is 0 Å². The highest BCUT2D eigenvalue weighted by molar-refractivity contribution is 6.32. The van der Waals surface area contributed by atoms with Crippen LogP contribution in [0.2, 0.25) is 10.4 Å². The number of carbonyl (C=O) groups is 1. The van der Waals surface area contributed by atoms with Crippen molar-refractivity contribution in [2.45, 2.75) is 19.8 Å². The first-order valence-corrected chi connectivity index (χ1v) is 5.27. The quantitative estimate of drug-likeness (QED) is 0.644. The van der Waals surface area contributed by atoms with Crippen LogP contribution in [-0.4, -0.2) is 15.9 Å². The maximum absolute atomic E-state index is 11.7. The second kappa shape index (κ2) is 3.61. The predicted octanol–water partition coefficient (Wildman–Crippen LogP) is 2.52. The van der Waals surface area contributed by atoms with E-state index in [-0.39, 0.29) is 21.8 Å². The summed E-state index contributed by atoms with van der Waals surface area (Å²) < 4.78 is 0. The number of nitrogens with one attached hydrogen (secondary N) is 1. The van der Waals surface area contributed by atoms with Gasteiger partial charge in [-0.3, -0.25) is 4.79 Å². The van der Waals surface area contributed by atoms with Crippen molar-refractivity contribution in [2.24, 2.45) is 5.41 Å². The number of nitrogens with zero attached hydrogens (tertiary/aromatic N) is 2. The van der Waals surface area contributed by atoms with E-state index >= 15 is 0 Å². The zero-order valence-electron chi connectivity index (χ0n) is 8.05. The van der Waals surface area contributed by atoms with Crippen molar-refractivity contribution in [1.82, 2.24) is 9.97 Å². The maximum atomic E-state index is 11.7. The van der Waals surface area contributed by atoms with Crippen LogP contribution >= 0.6 is 23.2 Å². The number of rotatable bonds is 2. The number of aromatic nitrogens is 2. The minimum atomic E-state index is -0.246. The second-order valence-electron chi connectivity index (χ2n) is 3.86. The molecule has 0 aliphatic heterocycles. The summed E-state index contributed by atoms with van der Waals surface area (Å²) in [6, 6.07) is 1.47. The lowest BCUT2D eigenvalue weighted by Gasteiger charge is -2.08. The van der Waals surface area contributed by atoms with Crippen LogP contribution in [0.3, 0.4) is 0 Å². The smallest absolute Gasteiger partial charge is 0.231 e. The zero-order chi connectivity index (χ0) is 11.1. The molecule has 6 heteroatoms. The molecule has 0 spiro atoms. The molecular formula is C9H9Cl2N3O. The summed E-state index contributed by atoms with van der Waals surface area (Å²) in [5, 5.41) is 2.91. The van der Waals surface area contributed by atoms with Gasteiger partial charge < -0.3 is 5.32 Å². The molecule has 1 fully saturated rings. The Bertz CT molecular complexity index is 398. The van der Waals surface area contributed by atoms with Gasteiger partial charge in [0.05, 0.1) is 0 Å². The molecule has 1 aliphatic carbocycles. The molecule has 0 saturated heterocycles. The van der Waals surface area contributed by atoms with Crippen molar-refractivity contribution < 1.29 is 4.79 Å². The Kier molecular flexibility index (Phi) is 2.56. The molecule has 1 heterocycles. The van der Waals surface area contributed by atoms with Gasteiger partial charge in [-0.05, 0) is 24.4 Å². The maximum Gasteiger partial charge on any atom is 0.231 e. The van der Waals surface area contributed by atoms with Gasteiger partial charge in [0, 0.05) is 11.5 Å². The standard InChI is InChI=1S/C9H9Cl2N3O/c1-9(2-3-9)7(15)13-6-4-5(10)12-8(11)14-6/h4H,2-3H2,1H3,(H,12,13,14,15). The molecule has 0 radical (unpaired) electrons. The molecule has 1 aliphatic rings. The highest BCUT2D eigenvalue weighted by Crippen LogP contribution is 2.45. The first-order chi connectivity index (χ1) is 6.99. The molecule has 80 valence electrons. The van der Waals surface area contributed by atoms with Crippen LogP contribution in [0.4, 0.5) is 5.82 Å². The van der Waals surface area contributed by atoms with Gasteiger partial charge in [-0.15, -0.1) is 0 Å². The van der Waals surface area contributed by atoms with Crippen LogP contribution in [0.5, 0.6) is 0 Å². The fourth-order valence-electron chi connectivity index (χ4n) is 1.14. The number of amides is 1. The molecule has 0 aromatic carbocycles. The molecule has 0 atom stereocenters. The monoisotopic (exact) mass is 245 g/mol. The van der Waals surface area contributed by atoms with Crippen LogP contribution in [0.15, 0.2) is 6.07 Å². The average Bonchev–Trinajstić information content (AvgIpc) is 2.83. The van der Waals surface area contributed by atoms with Crippen LogP contribution in [0, 0.1) is 5.41 Å². The summed E-state index contributed by atoms with van der Waals surface area (Å²) in [6.07, 6.45) is 1.82. The van der Waals surface area contributed by atoms with E-state index in [0.29, 0.717) is 5.82 Å². The summed E-state index contributed by atoms with van der Waals surface area (Å²) in [5.74, 6) is 0.298. The molecule has 0 bridgehead atoms. The summed E-state index contributed by atoms with van der Waals surface area (Å²) in [5.41, 5.74) is -0.246. The molecule has 1 saturated carbocycles. The van der Waals surface area contributed by atoms with Gasteiger partial charge in [0.25, 0.3) is 0 Å². The van der Waals surface area contributed by atoms with E-state index in [1.165, 1.54) is 6.07 Å². The third kappa shape index (κ3) is 2.38. The number of halogens is 2. The SMILES string of the molecule is CC1(C(=O)Nc2cc(Cl)nc(Cl)n2)CC1. The largest absolute Gasteiger partial charge is 0.310 e. The molecule has 4 nitrogen and oxygen atoms in total. The normalized spacial score (nSPS) is 17.3. The number of hydrogen-bond acceptors (Lipinski definition) is 3. The van der Waals surface area contributed by atoms with Gasteiger partial charge in [-0.1, -0.05) is 18.5 Å². The highest BCUT2D eigenvalue weighted by atomic mass is 35.5. The lowest BCUT2D eigenvalue weighted by atomic mass is 10.1. The first kappa shape index (κ1) is 10.6. The summed E-state index contributed by atoms with van der Waals surface area (Å²) in [4.78, 5) is 19.2. The summed E-state index contributed by atoms with van der Waals surface area (Å²) in [7, 11) is 0. The van der Waals surface area contributed by atoms with Gasteiger partial charge in [0.2, 0.25) is 11.2 Å². The second-order valence-corrected chi connectivity index (χ2v) is 4.59. The summed E-state index contributed by atoms with van der Waals surface area (Å²) in [6.45, 7) is 1.91. The van der Waals surface area contributed by atoms with E-state index in [1.807, 2.05) is 6.92 Å². The van der Waals surface area contributed by atoms with E-state index in [4.69, 9.17) is 23.2 Å². The Hall–Kier alpha value is -0.870. The van der Waals surface area contributed by atoms with Crippen LogP contribution in [-0.2, 0) is 4.79 Å². The van der Waals surface area contributed by atoms with Crippen LogP contribution < -0.4 is 5.32 Å². The van der Waals surface area contributed by atoms with Crippen LogP contribution in [0.1, 0.15) is 19.8 Å². The van der Waals surface area contributed by atoms with E-state index in [9.17, 15) is 4.79 Å². The van der Waals surface area contributed by atoms with Gasteiger partial charge >= 0.3 is 0 Å². The predicted molar refractivity (Wildman–Crippen MR) is 58.0 cm³/mol. The minimum Gasteiger partial charge on any atom is -0.310 e. The Labute approximate surface area is 97.0 Å². The van der Waals surface area contributed by atoms with Gasteiger partial charge in [-0.25, -0.2) is 9.97 Å². The average molecular weight is 246 g/mol. The van der Waals surface area contributed by atoms with E-state index < -0.39 is 0 Å². The Balaban J connectivity index is 2.13. The fourth-order valence-corrected chi connectivity index (χ4v) is 1.54. The minimum absolute atomic E-state index is 0.0266. The zero-order valence-corrected chi connectivity index (χ0v) is 9.56. The Morgan fingerprint density at radius 1 is 1.47 bits per heavy atom. The van der Waals surface area contributed by atoms with Gasteiger partial charge in [0.15, 0.2) is 0 Å². The number of anilines is 1. The molecule has 1 aromatic rings.